The SMILES string of the molecule is CSCC(C)(O)CNC(=O)c1ccc(C)cc1C. The number of aliphatic hydroxyl groups is 1. The third-order valence-corrected chi connectivity index (χ3v) is 3.62. The number of thioether (sulfide) groups is 1. The van der Waals surface area contributed by atoms with Gasteiger partial charge in [-0.05, 0) is 38.7 Å². The van der Waals surface area contributed by atoms with E-state index in [0.29, 0.717) is 11.3 Å². The van der Waals surface area contributed by atoms with Crippen LogP contribution in [0.4, 0.5) is 0 Å². The van der Waals surface area contributed by atoms with E-state index in [2.05, 4.69) is 5.32 Å². The summed E-state index contributed by atoms with van der Waals surface area (Å²) >= 11 is 1.56. The van der Waals surface area contributed by atoms with Crippen LogP contribution >= 0.6 is 11.8 Å². The summed E-state index contributed by atoms with van der Waals surface area (Å²) in [5.41, 5.74) is 1.89. The Labute approximate surface area is 113 Å². The topological polar surface area (TPSA) is 49.3 Å². The fraction of sp³-hybridized carbons (Fsp3) is 0.500. The highest BCUT2D eigenvalue weighted by Gasteiger charge is 2.21. The van der Waals surface area contributed by atoms with E-state index < -0.39 is 5.60 Å². The van der Waals surface area contributed by atoms with Gasteiger partial charge in [-0.25, -0.2) is 0 Å². The Bertz CT molecular complexity index is 430. The fourth-order valence-corrected chi connectivity index (χ4v) is 2.52. The van der Waals surface area contributed by atoms with Crippen LogP contribution in [0.15, 0.2) is 18.2 Å². The molecule has 1 rings (SSSR count). The maximum Gasteiger partial charge on any atom is 0.251 e. The molecule has 0 aliphatic rings. The zero-order valence-corrected chi connectivity index (χ0v) is 12.2. The summed E-state index contributed by atoms with van der Waals surface area (Å²) in [6.07, 6.45) is 1.93. The van der Waals surface area contributed by atoms with E-state index in [1.807, 2.05) is 38.3 Å². The zero-order valence-electron chi connectivity index (χ0n) is 11.4. The van der Waals surface area contributed by atoms with Crippen molar-refractivity contribution in [2.24, 2.45) is 0 Å². The minimum absolute atomic E-state index is 0.131. The molecule has 1 aromatic carbocycles. The first-order valence-corrected chi connectivity index (χ1v) is 7.32. The first-order valence-electron chi connectivity index (χ1n) is 5.92. The van der Waals surface area contributed by atoms with Crippen molar-refractivity contribution in [2.75, 3.05) is 18.6 Å². The van der Waals surface area contributed by atoms with Gasteiger partial charge in [-0.3, -0.25) is 4.79 Å². The molecule has 0 aliphatic heterocycles. The molecule has 0 saturated carbocycles. The summed E-state index contributed by atoms with van der Waals surface area (Å²) in [6.45, 7) is 5.91. The Morgan fingerprint density at radius 1 is 1.44 bits per heavy atom. The van der Waals surface area contributed by atoms with Gasteiger partial charge in [-0.1, -0.05) is 17.7 Å². The van der Waals surface area contributed by atoms with Crippen LogP contribution in [0, 0.1) is 13.8 Å². The molecule has 0 spiro atoms. The lowest BCUT2D eigenvalue weighted by atomic mass is 10.0. The monoisotopic (exact) mass is 267 g/mol. The van der Waals surface area contributed by atoms with Gasteiger partial charge >= 0.3 is 0 Å². The van der Waals surface area contributed by atoms with Crippen molar-refractivity contribution in [3.8, 4) is 0 Å². The molecule has 4 heteroatoms. The van der Waals surface area contributed by atoms with Crippen molar-refractivity contribution < 1.29 is 9.90 Å². The second-order valence-corrected chi connectivity index (χ2v) is 5.80. The maximum absolute atomic E-state index is 12.0. The number of rotatable bonds is 5. The number of hydrogen-bond acceptors (Lipinski definition) is 3. The molecule has 100 valence electrons. The lowest BCUT2D eigenvalue weighted by molar-refractivity contribution is 0.0724. The predicted octanol–water partition coefficient (Wildman–Crippen LogP) is 2.15. The first kappa shape index (κ1) is 15.1. The number of amides is 1. The van der Waals surface area contributed by atoms with E-state index in [-0.39, 0.29) is 12.5 Å². The molecule has 0 radical (unpaired) electrons. The van der Waals surface area contributed by atoms with Gasteiger partial charge in [0.1, 0.15) is 0 Å². The number of nitrogens with one attached hydrogen (secondary N) is 1. The highest BCUT2D eigenvalue weighted by atomic mass is 32.2. The molecule has 0 aliphatic carbocycles. The summed E-state index contributed by atoms with van der Waals surface area (Å²) in [6, 6.07) is 5.72. The average Bonchev–Trinajstić information content (AvgIpc) is 2.26. The summed E-state index contributed by atoms with van der Waals surface area (Å²) in [5, 5.41) is 12.8. The van der Waals surface area contributed by atoms with Crippen molar-refractivity contribution in [3.63, 3.8) is 0 Å². The van der Waals surface area contributed by atoms with Crippen LogP contribution in [0.25, 0.3) is 0 Å². The molecular formula is C14H21NO2S. The van der Waals surface area contributed by atoms with Gasteiger partial charge in [0.15, 0.2) is 0 Å². The minimum atomic E-state index is -0.867. The van der Waals surface area contributed by atoms with E-state index >= 15 is 0 Å². The lowest BCUT2D eigenvalue weighted by Crippen LogP contribution is -2.42. The van der Waals surface area contributed by atoms with Gasteiger partial charge in [-0.2, -0.15) is 11.8 Å². The summed E-state index contributed by atoms with van der Waals surface area (Å²) in [7, 11) is 0. The van der Waals surface area contributed by atoms with Crippen LogP contribution in [-0.4, -0.2) is 35.2 Å². The van der Waals surface area contributed by atoms with Crippen LogP contribution in [0.3, 0.4) is 0 Å². The van der Waals surface area contributed by atoms with E-state index in [9.17, 15) is 9.90 Å². The number of benzene rings is 1. The lowest BCUT2D eigenvalue weighted by Gasteiger charge is -2.22. The van der Waals surface area contributed by atoms with Gasteiger partial charge in [-0.15, -0.1) is 0 Å². The van der Waals surface area contributed by atoms with Crippen LogP contribution in [-0.2, 0) is 0 Å². The molecule has 0 fully saturated rings. The molecule has 0 aromatic heterocycles. The van der Waals surface area contributed by atoms with Crippen molar-refractivity contribution in [3.05, 3.63) is 34.9 Å². The van der Waals surface area contributed by atoms with Gasteiger partial charge in [0.25, 0.3) is 5.91 Å². The quantitative estimate of drug-likeness (QED) is 0.859. The minimum Gasteiger partial charge on any atom is -0.387 e. The highest BCUT2D eigenvalue weighted by Crippen LogP contribution is 2.12. The number of carbonyl (C=O) groups is 1. The van der Waals surface area contributed by atoms with Gasteiger partial charge in [0, 0.05) is 17.9 Å². The van der Waals surface area contributed by atoms with Crippen molar-refractivity contribution in [1.82, 2.24) is 5.32 Å². The molecule has 0 bridgehead atoms. The van der Waals surface area contributed by atoms with E-state index in [1.165, 1.54) is 0 Å². The summed E-state index contributed by atoms with van der Waals surface area (Å²) in [4.78, 5) is 12.0. The molecule has 0 saturated heterocycles. The van der Waals surface area contributed by atoms with Crippen molar-refractivity contribution in [2.45, 2.75) is 26.4 Å². The van der Waals surface area contributed by atoms with Crippen molar-refractivity contribution >= 4 is 17.7 Å². The third kappa shape index (κ3) is 4.35. The first-order chi connectivity index (χ1) is 8.35. The molecule has 1 unspecified atom stereocenters. The van der Waals surface area contributed by atoms with Gasteiger partial charge < -0.3 is 10.4 Å². The Hall–Kier alpha value is -1.00. The zero-order chi connectivity index (χ0) is 13.8. The summed E-state index contributed by atoms with van der Waals surface area (Å²) < 4.78 is 0. The molecule has 1 atom stereocenters. The number of carbonyl (C=O) groups excluding carboxylic acids is 1. The Kier molecular flexibility index (Phi) is 5.23. The molecule has 18 heavy (non-hydrogen) atoms. The Morgan fingerprint density at radius 2 is 2.11 bits per heavy atom. The van der Waals surface area contributed by atoms with Crippen LogP contribution in [0.2, 0.25) is 0 Å². The van der Waals surface area contributed by atoms with Crippen LogP contribution in [0.5, 0.6) is 0 Å². The number of hydrogen-bond donors (Lipinski definition) is 2. The Morgan fingerprint density at radius 3 is 2.67 bits per heavy atom. The molecule has 1 amide bonds. The fourth-order valence-electron chi connectivity index (χ4n) is 1.80. The second-order valence-electron chi connectivity index (χ2n) is 4.93. The predicted molar refractivity (Wildman–Crippen MR) is 77.3 cm³/mol. The second kappa shape index (κ2) is 6.25. The maximum atomic E-state index is 12.0. The standard InChI is InChI=1S/C14H21NO2S/c1-10-5-6-12(11(2)7-10)13(16)15-8-14(3,17)9-18-4/h5-7,17H,8-9H2,1-4H3,(H,15,16). The largest absolute Gasteiger partial charge is 0.387 e. The van der Waals surface area contributed by atoms with E-state index in [4.69, 9.17) is 0 Å². The van der Waals surface area contributed by atoms with Crippen LogP contribution < -0.4 is 5.32 Å². The molecule has 1 aromatic rings. The Balaban J connectivity index is 2.66. The van der Waals surface area contributed by atoms with Gasteiger partial charge in [0.05, 0.1) is 5.60 Å². The molecule has 2 N–H and O–H groups in total. The third-order valence-electron chi connectivity index (χ3n) is 2.71. The summed E-state index contributed by atoms with van der Waals surface area (Å²) in [5.74, 6) is 0.467. The molecular weight excluding hydrogens is 246 g/mol. The van der Waals surface area contributed by atoms with Gasteiger partial charge in [0.2, 0.25) is 0 Å². The highest BCUT2D eigenvalue weighted by molar-refractivity contribution is 7.98. The normalized spacial score (nSPS) is 14.1. The smallest absolute Gasteiger partial charge is 0.251 e. The number of aryl methyl sites for hydroxylation is 2. The van der Waals surface area contributed by atoms with Crippen molar-refractivity contribution in [1.29, 1.82) is 0 Å². The molecule has 3 nitrogen and oxygen atoms in total. The molecule has 0 heterocycles. The van der Waals surface area contributed by atoms with E-state index in [1.54, 1.807) is 18.7 Å². The van der Waals surface area contributed by atoms with Crippen LogP contribution in [0.1, 0.15) is 28.4 Å². The average molecular weight is 267 g/mol. The van der Waals surface area contributed by atoms with E-state index in [0.717, 1.165) is 11.1 Å².